The number of ether oxygens (including phenoxy) is 1. The number of carbonyl (C=O) groups excluding carboxylic acids is 1. The molecule has 0 radical (unpaired) electrons. The Morgan fingerprint density at radius 3 is 2.19 bits per heavy atom. The second-order valence-corrected chi connectivity index (χ2v) is 4.64. The highest BCUT2D eigenvalue weighted by Gasteiger charge is 2.07. The van der Waals surface area contributed by atoms with Gasteiger partial charge < -0.3 is 4.74 Å². The van der Waals surface area contributed by atoms with Crippen molar-refractivity contribution in [2.75, 3.05) is 0 Å². The Kier molecular flexibility index (Phi) is 4.53. The second kappa shape index (κ2) is 5.69. The Hall–Kier alpha value is -1.31. The number of rotatable bonds is 5. The molecule has 0 saturated carbocycles. The zero-order valence-electron chi connectivity index (χ0n) is 10.5. The van der Waals surface area contributed by atoms with Crippen LogP contribution in [0.1, 0.15) is 44.5 Å². The van der Waals surface area contributed by atoms with E-state index in [1.165, 1.54) is 0 Å². The summed E-state index contributed by atoms with van der Waals surface area (Å²) in [7, 11) is 0. The molecule has 2 nitrogen and oxygen atoms in total. The van der Waals surface area contributed by atoms with E-state index in [-0.39, 0.29) is 11.9 Å². The molecular formula is C14H20O2. The zero-order chi connectivity index (χ0) is 12.1. The van der Waals surface area contributed by atoms with Gasteiger partial charge in [0.1, 0.15) is 5.75 Å². The van der Waals surface area contributed by atoms with Gasteiger partial charge in [-0.15, -0.1) is 0 Å². The van der Waals surface area contributed by atoms with Gasteiger partial charge in [-0.05, 0) is 50.5 Å². The molecule has 1 aromatic rings. The highest BCUT2D eigenvalue weighted by atomic mass is 16.5. The van der Waals surface area contributed by atoms with E-state index in [1.807, 2.05) is 12.1 Å². The summed E-state index contributed by atoms with van der Waals surface area (Å²) in [5.41, 5.74) is 0.726. The van der Waals surface area contributed by atoms with Crippen molar-refractivity contribution in [1.82, 2.24) is 0 Å². The first-order chi connectivity index (χ1) is 7.49. The normalized spacial score (nSPS) is 12.6. The third-order valence-electron chi connectivity index (χ3n) is 2.40. The molecule has 1 rings (SSSR count). The highest BCUT2D eigenvalue weighted by Crippen LogP contribution is 2.16. The van der Waals surface area contributed by atoms with E-state index in [0.29, 0.717) is 5.92 Å². The minimum Gasteiger partial charge on any atom is -0.491 e. The van der Waals surface area contributed by atoms with Crippen LogP contribution in [0.2, 0.25) is 0 Å². The van der Waals surface area contributed by atoms with E-state index in [9.17, 15) is 4.79 Å². The lowest BCUT2D eigenvalue weighted by Gasteiger charge is -2.16. The van der Waals surface area contributed by atoms with Crippen molar-refractivity contribution in [3.05, 3.63) is 29.8 Å². The van der Waals surface area contributed by atoms with Crippen LogP contribution in [0.5, 0.6) is 5.75 Å². The summed E-state index contributed by atoms with van der Waals surface area (Å²) in [6, 6.07) is 7.32. The Bertz CT molecular complexity index is 338. The van der Waals surface area contributed by atoms with E-state index >= 15 is 0 Å². The van der Waals surface area contributed by atoms with Crippen LogP contribution in [-0.2, 0) is 0 Å². The average Bonchev–Trinajstić information content (AvgIpc) is 2.16. The maximum absolute atomic E-state index is 11.1. The van der Waals surface area contributed by atoms with Crippen LogP contribution in [-0.4, -0.2) is 11.9 Å². The van der Waals surface area contributed by atoms with Gasteiger partial charge in [0.25, 0.3) is 0 Å². The van der Waals surface area contributed by atoms with Crippen LogP contribution in [0, 0.1) is 5.92 Å². The molecule has 0 bridgehead atoms. The molecule has 1 atom stereocenters. The third kappa shape index (κ3) is 4.05. The monoisotopic (exact) mass is 220 g/mol. The minimum absolute atomic E-state index is 0.0850. The van der Waals surface area contributed by atoms with Crippen LogP contribution in [0.4, 0.5) is 0 Å². The number of benzene rings is 1. The van der Waals surface area contributed by atoms with Crippen molar-refractivity contribution in [1.29, 1.82) is 0 Å². The van der Waals surface area contributed by atoms with E-state index in [1.54, 1.807) is 19.1 Å². The van der Waals surface area contributed by atoms with Gasteiger partial charge in [-0.2, -0.15) is 0 Å². The van der Waals surface area contributed by atoms with Crippen molar-refractivity contribution in [3.8, 4) is 5.75 Å². The van der Waals surface area contributed by atoms with Crippen LogP contribution in [0.3, 0.4) is 0 Å². The third-order valence-corrected chi connectivity index (χ3v) is 2.40. The molecular weight excluding hydrogens is 200 g/mol. The fourth-order valence-electron chi connectivity index (χ4n) is 1.71. The molecule has 0 aliphatic rings. The Labute approximate surface area is 97.6 Å². The van der Waals surface area contributed by atoms with E-state index in [2.05, 4.69) is 20.8 Å². The summed E-state index contributed by atoms with van der Waals surface area (Å²) in [6.45, 7) is 7.99. The molecule has 0 fully saturated rings. The second-order valence-electron chi connectivity index (χ2n) is 4.64. The van der Waals surface area contributed by atoms with Gasteiger partial charge in [-0.1, -0.05) is 13.8 Å². The first-order valence-electron chi connectivity index (χ1n) is 5.76. The van der Waals surface area contributed by atoms with Crippen molar-refractivity contribution in [2.24, 2.45) is 5.92 Å². The molecule has 0 aliphatic heterocycles. The molecule has 0 heterocycles. The average molecular weight is 220 g/mol. The summed E-state index contributed by atoms with van der Waals surface area (Å²) < 4.78 is 5.75. The Balaban J connectivity index is 2.58. The van der Waals surface area contributed by atoms with Gasteiger partial charge in [0.05, 0.1) is 6.10 Å². The predicted octanol–water partition coefficient (Wildman–Crippen LogP) is 3.70. The molecule has 0 amide bonds. The van der Waals surface area contributed by atoms with Crippen molar-refractivity contribution in [3.63, 3.8) is 0 Å². The van der Waals surface area contributed by atoms with Crippen LogP contribution in [0.25, 0.3) is 0 Å². The maximum Gasteiger partial charge on any atom is 0.159 e. The fourth-order valence-corrected chi connectivity index (χ4v) is 1.71. The summed E-state index contributed by atoms with van der Waals surface area (Å²) in [5.74, 6) is 1.55. The Morgan fingerprint density at radius 2 is 1.75 bits per heavy atom. The zero-order valence-corrected chi connectivity index (χ0v) is 10.5. The molecule has 2 heteroatoms. The van der Waals surface area contributed by atoms with Gasteiger partial charge in [0.15, 0.2) is 5.78 Å². The molecule has 0 aromatic heterocycles. The molecule has 16 heavy (non-hydrogen) atoms. The lowest BCUT2D eigenvalue weighted by molar-refractivity contribution is 0.101. The SMILES string of the molecule is CC(=O)c1ccc(OC(C)CC(C)C)cc1. The quantitative estimate of drug-likeness (QED) is 0.707. The molecule has 0 aliphatic carbocycles. The molecule has 1 aromatic carbocycles. The highest BCUT2D eigenvalue weighted by molar-refractivity contribution is 5.94. The predicted molar refractivity (Wildman–Crippen MR) is 66.0 cm³/mol. The fraction of sp³-hybridized carbons (Fsp3) is 0.500. The molecule has 0 saturated heterocycles. The maximum atomic E-state index is 11.1. The number of ketones is 1. The van der Waals surface area contributed by atoms with E-state index in [4.69, 9.17) is 4.74 Å². The van der Waals surface area contributed by atoms with Crippen LogP contribution in [0.15, 0.2) is 24.3 Å². The summed E-state index contributed by atoms with van der Waals surface area (Å²) in [4.78, 5) is 11.1. The topological polar surface area (TPSA) is 26.3 Å². The molecule has 88 valence electrons. The van der Waals surface area contributed by atoms with E-state index in [0.717, 1.165) is 17.7 Å². The van der Waals surface area contributed by atoms with Crippen molar-refractivity contribution >= 4 is 5.78 Å². The number of carbonyl (C=O) groups is 1. The molecule has 0 spiro atoms. The summed E-state index contributed by atoms with van der Waals surface area (Å²) in [6.07, 6.45) is 1.25. The number of hydrogen-bond donors (Lipinski definition) is 0. The molecule has 0 N–H and O–H groups in total. The van der Waals surface area contributed by atoms with Gasteiger partial charge >= 0.3 is 0 Å². The van der Waals surface area contributed by atoms with Crippen LogP contribution < -0.4 is 4.74 Å². The first kappa shape index (κ1) is 12.8. The number of hydrogen-bond acceptors (Lipinski definition) is 2. The van der Waals surface area contributed by atoms with Gasteiger partial charge in [-0.25, -0.2) is 0 Å². The number of Topliss-reactive ketones (excluding diaryl/α,β-unsaturated/α-hetero) is 1. The van der Waals surface area contributed by atoms with Gasteiger partial charge in [0.2, 0.25) is 0 Å². The van der Waals surface area contributed by atoms with E-state index < -0.39 is 0 Å². The Morgan fingerprint density at radius 1 is 1.19 bits per heavy atom. The first-order valence-corrected chi connectivity index (χ1v) is 5.76. The van der Waals surface area contributed by atoms with Gasteiger partial charge in [0, 0.05) is 5.56 Å². The van der Waals surface area contributed by atoms with Gasteiger partial charge in [-0.3, -0.25) is 4.79 Å². The standard InChI is InChI=1S/C14H20O2/c1-10(2)9-11(3)16-14-7-5-13(6-8-14)12(4)15/h5-8,10-11H,9H2,1-4H3. The smallest absolute Gasteiger partial charge is 0.159 e. The van der Waals surface area contributed by atoms with Crippen molar-refractivity contribution < 1.29 is 9.53 Å². The summed E-state index contributed by atoms with van der Waals surface area (Å²) >= 11 is 0. The lowest BCUT2D eigenvalue weighted by atomic mass is 10.1. The van der Waals surface area contributed by atoms with Crippen LogP contribution >= 0.6 is 0 Å². The van der Waals surface area contributed by atoms with Crippen molar-refractivity contribution in [2.45, 2.75) is 40.2 Å². The molecule has 1 unspecified atom stereocenters. The lowest BCUT2D eigenvalue weighted by Crippen LogP contribution is -2.14. The minimum atomic E-state index is 0.0850. The summed E-state index contributed by atoms with van der Waals surface area (Å²) in [5, 5.41) is 0. The largest absolute Gasteiger partial charge is 0.491 e.